The van der Waals surface area contributed by atoms with Crippen molar-refractivity contribution in [3.8, 4) is 5.75 Å². The van der Waals surface area contributed by atoms with Gasteiger partial charge in [0.05, 0.1) is 13.7 Å². The van der Waals surface area contributed by atoms with Crippen molar-refractivity contribution >= 4 is 11.8 Å². The Morgan fingerprint density at radius 2 is 2.04 bits per heavy atom. The van der Waals surface area contributed by atoms with Crippen molar-refractivity contribution in [2.75, 3.05) is 20.2 Å². The van der Waals surface area contributed by atoms with E-state index in [9.17, 15) is 9.59 Å². The van der Waals surface area contributed by atoms with Gasteiger partial charge in [-0.1, -0.05) is 12.1 Å². The molecule has 0 aromatic heterocycles. The Labute approximate surface area is 136 Å². The number of rotatable bonds is 5. The summed E-state index contributed by atoms with van der Waals surface area (Å²) >= 11 is 0. The van der Waals surface area contributed by atoms with Gasteiger partial charge in [-0.15, -0.1) is 0 Å². The maximum atomic E-state index is 12.2. The van der Waals surface area contributed by atoms with E-state index in [1.807, 2.05) is 24.3 Å². The van der Waals surface area contributed by atoms with Crippen molar-refractivity contribution in [2.45, 2.75) is 37.9 Å². The highest BCUT2D eigenvalue weighted by Gasteiger charge is 2.38. The van der Waals surface area contributed by atoms with E-state index in [2.05, 4.69) is 15.5 Å². The lowest BCUT2D eigenvalue weighted by molar-refractivity contribution is -0.124. The standard InChI is InChI=1S/C17H23N3O3/c1-23-15-6-2-12(3-7-15)9-18-17(22)11-20-13-4-5-14(20)10-19-16(21)8-13/h2-3,6-7,13-14H,4-5,8-11H2,1H3,(H,18,22)(H,19,21). The number of methoxy groups -OCH3 is 1. The molecule has 2 saturated heterocycles. The van der Waals surface area contributed by atoms with Crippen LogP contribution in [0.4, 0.5) is 0 Å². The van der Waals surface area contributed by atoms with Crippen molar-refractivity contribution in [1.82, 2.24) is 15.5 Å². The molecule has 2 fully saturated rings. The molecule has 0 saturated carbocycles. The predicted octanol–water partition coefficient (Wildman–Crippen LogP) is 0.664. The molecule has 2 amide bonds. The number of hydrogen-bond acceptors (Lipinski definition) is 4. The highest BCUT2D eigenvalue weighted by molar-refractivity contribution is 5.79. The average molecular weight is 317 g/mol. The van der Waals surface area contributed by atoms with Gasteiger partial charge in [-0.2, -0.15) is 0 Å². The van der Waals surface area contributed by atoms with Crippen LogP contribution in [-0.2, 0) is 16.1 Å². The Morgan fingerprint density at radius 3 is 2.78 bits per heavy atom. The summed E-state index contributed by atoms with van der Waals surface area (Å²) < 4.78 is 5.12. The van der Waals surface area contributed by atoms with E-state index < -0.39 is 0 Å². The number of ether oxygens (including phenoxy) is 1. The van der Waals surface area contributed by atoms with E-state index in [1.165, 1.54) is 0 Å². The molecule has 6 nitrogen and oxygen atoms in total. The van der Waals surface area contributed by atoms with E-state index in [4.69, 9.17) is 4.74 Å². The third-order valence-electron chi connectivity index (χ3n) is 4.70. The van der Waals surface area contributed by atoms with Crippen molar-refractivity contribution in [3.63, 3.8) is 0 Å². The lowest BCUT2D eigenvalue weighted by Crippen LogP contribution is -2.44. The van der Waals surface area contributed by atoms with Gasteiger partial charge in [0.2, 0.25) is 11.8 Å². The molecular weight excluding hydrogens is 294 g/mol. The van der Waals surface area contributed by atoms with Crippen LogP contribution >= 0.6 is 0 Å². The lowest BCUT2D eigenvalue weighted by Gasteiger charge is -2.26. The Kier molecular flexibility index (Phi) is 4.81. The number of carbonyl (C=O) groups is 2. The van der Waals surface area contributed by atoms with Gasteiger partial charge in [0.25, 0.3) is 0 Å². The first-order valence-corrected chi connectivity index (χ1v) is 8.08. The Bertz CT molecular complexity index is 573. The molecule has 2 aliphatic heterocycles. The van der Waals surface area contributed by atoms with Crippen molar-refractivity contribution in [3.05, 3.63) is 29.8 Å². The summed E-state index contributed by atoms with van der Waals surface area (Å²) in [6.07, 6.45) is 2.56. The second-order valence-corrected chi connectivity index (χ2v) is 6.19. The molecule has 3 rings (SSSR count). The average Bonchev–Trinajstić information content (AvgIpc) is 2.84. The van der Waals surface area contributed by atoms with Gasteiger partial charge in [0.1, 0.15) is 5.75 Å². The van der Waals surface area contributed by atoms with Crippen LogP contribution < -0.4 is 15.4 Å². The summed E-state index contributed by atoms with van der Waals surface area (Å²) in [6, 6.07) is 8.14. The summed E-state index contributed by atoms with van der Waals surface area (Å²) in [5.74, 6) is 0.909. The summed E-state index contributed by atoms with van der Waals surface area (Å²) in [6.45, 7) is 1.52. The van der Waals surface area contributed by atoms with E-state index in [0.717, 1.165) is 24.2 Å². The number of benzene rings is 1. The lowest BCUT2D eigenvalue weighted by atomic mass is 10.1. The van der Waals surface area contributed by atoms with Crippen LogP contribution in [0.2, 0.25) is 0 Å². The van der Waals surface area contributed by atoms with E-state index in [1.54, 1.807) is 7.11 Å². The molecule has 23 heavy (non-hydrogen) atoms. The number of carbonyl (C=O) groups excluding carboxylic acids is 2. The first-order valence-electron chi connectivity index (χ1n) is 8.08. The minimum Gasteiger partial charge on any atom is -0.497 e. The molecule has 2 bridgehead atoms. The minimum absolute atomic E-state index is 0.00654. The third kappa shape index (κ3) is 3.82. The Balaban J connectivity index is 1.51. The van der Waals surface area contributed by atoms with E-state index in [-0.39, 0.29) is 23.9 Å². The Hall–Kier alpha value is -2.08. The highest BCUT2D eigenvalue weighted by atomic mass is 16.5. The summed E-state index contributed by atoms with van der Waals surface area (Å²) in [5.41, 5.74) is 1.04. The van der Waals surface area contributed by atoms with Crippen LogP contribution in [0.25, 0.3) is 0 Å². The van der Waals surface area contributed by atoms with Crippen LogP contribution in [-0.4, -0.2) is 49.0 Å². The Morgan fingerprint density at radius 1 is 1.30 bits per heavy atom. The molecule has 0 aliphatic carbocycles. The van der Waals surface area contributed by atoms with Gasteiger partial charge in [0.15, 0.2) is 0 Å². The van der Waals surface area contributed by atoms with Crippen LogP contribution in [0.5, 0.6) is 5.75 Å². The van der Waals surface area contributed by atoms with Gasteiger partial charge >= 0.3 is 0 Å². The van der Waals surface area contributed by atoms with E-state index >= 15 is 0 Å². The van der Waals surface area contributed by atoms with Crippen molar-refractivity contribution in [1.29, 1.82) is 0 Å². The monoisotopic (exact) mass is 317 g/mol. The zero-order chi connectivity index (χ0) is 16.2. The largest absolute Gasteiger partial charge is 0.497 e. The fraction of sp³-hybridized carbons (Fsp3) is 0.529. The fourth-order valence-corrected chi connectivity index (χ4v) is 3.39. The zero-order valence-corrected chi connectivity index (χ0v) is 13.4. The highest BCUT2D eigenvalue weighted by Crippen LogP contribution is 2.27. The van der Waals surface area contributed by atoms with Crippen molar-refractivity contribution < 1.29 is 14.3 Å². The maximum absolute atomic E-state index is 12.2. The van der Waals surface area contributed by atoms with Gasteiger partial charge in [-0.05, 0) is 30.5 Å². The van der Waals surface area contributed by atoms with Crippen LogP contribution in [0.3, 0.4) is 0 Å². The first-order chi connectivity index (χ1) is 11.2. The van der Waals surface area contributed by atoms with Crippen LogP contribution in [0, 0.1) is 0 Å². The molecule has 6 heteroatoms. The van der Waals surface area contributed by atoms with Crippen LogP contribution in [0.1, 0.15) is 24.8 Å². The topological polar surface area (TPSA) is 70.7 Å². The molecule has 0 radical (unpaired) electrons. The second-order valence-electron chi connectivity index (χ2n) is 6.19. The number of nitrogens with zero attached hydrogens (tertiary/aromatic N) is 1. The molecule has 2 aliphatic rings. The molecule has 1 aromatic rings. The first kappa shape index (κ1) is 15.8. The van der Waals surface area contributed by atoms with Gasteiger partial charge in [-0.3, -0.25) is 14.5 Å². The number of hydrogen-bond donors (Lipinski definition) is 2. The van der Waals surface area contributed by atoms with Gasteiger partial charge in [0, 0.05) is 31.6 Å². The minimum atomic E-state index is 0.00654. The number of fused-ring (bicyclic) bond motifs is 2. The zero-order valence-electron chi connectivity index (χ0n) is 13.4. The summed E-state index contributed by atoms with van der Waals surface area (Å²) in [7, 11) is 1.63. The molecule has 124 valence electrons. The normalized spacial score (nSPS) is 24.0. The van der Waals surface area contributed by atoms with Gasteiger partial charge < -0.3 is 15.4 Å². The number of amides is 2. The molecule has 2 N–H and O–H groups in total. The van der Waals surface area contributed by atoms with Crippen LogP contribution in [0.15, 0.2) is 24.3 Å². The molecule has 2 unspecified atom stereocenters. The summed E-state index contributed by atoms with van der Waals surface area (Å²) in [4.78, 5) is 26.0. The number of nitrogens with one attached hydrogen (secondary N) is 2. The smallest absolute Gasteiger partial charge is 0.234 e. The van der Waals surface area contributed by atoms with Crippen molar-refractivity contribution in [2.24, 2.45) is 0 Å². The molecule has 2 atom stereocenters. The maximum Gasteiger partial charge on any atom is 0.234 e. The molecular formula is C17H23N3O3. The third-order valence-corrected chi connectivity index (χ3v) is 4.70. The predicted molar refractivity (Wildman–Crippen MR) is 86.0 cm³/mol. The SMILES string of the molecule is COc1ccc(CNC(=O)CN2C3CCC2CC(=O)NC3)cc1. The molecule has 0 spiro atoms. The fourth-order valence-electron chi connectivity index (χ4n) is 3.39. The summed E-state index contributed by atoms with van der Waals surface area (Å²) in [5, 5.41) is 5.88. The molecule has 1 aromatic carbocycles. The van der Waals surface area contributed by atoms with Gasteiger partial charge in [-0.25, -0.2) is 0 Å². The quantitative estimate of drug-likeness (QED) is 0.837. The van der Waals surface area contributed by atoms with E-state index in [0.29, 0.717) is 26.1 Å². The second kappa shape index (κ2) is 7.00. The molecule has 2 heterocycles.